The summed E-state index contributed by atoms with van der Waals surface area (Å²) in [6, 6.07) is 14.2. The number of hydrogen-bond donors (Lipinski definition) is 2. The fourth-order valence-electron chi connectivity index (χ4n) is 1.96. The van der Waals surface area contributed by atoms with Crippen molar-refractivity contribution in [2.45, 2.75) is 0 Å². The molecule has 24 heavy (non-hydrogen) atoms. The highest BCUT2D eigenvalue weighted by molar-refractivity contribution is 6.38. The second-order valence-corrected chi connectivity index (χ2v) is 5.54. The van der Waals surface area contributed by atoms with Gasteiger partial charge in [0.15, 0.2) is 5.69 Å². The average molecular weight is 360 g/mol. The molecule has 0 fully saturated rings. The van der Waals surface area contributed by atoms with Gasteiger partial charge in [-0.05, 0) is 12.1 Å². The van der Waals surface area contributed by atoms with Gasteiger partial charge >= 0.3 is 0 Å². The second-order valence-electron chi connectivity index (χ2n) is 4.72. The third kappa shape index (κ3) is 3.61. The lowest BCUT2D eigenvalue weighted by Gasteiger charge is -2.02. The van der Waals surface area contributed by atoms with Gasteiger partial charge in [-0.25, -0.2) is 5.43 Å². The van der Waals surface area contributed by atoms with E-state index in [1.54, 1.807) is 30.3 Å². The Hall–Kier alpha value is -2.70. The van der Waals surface area contributed by atoms with Gasteiger partial charge in [-0.15, -0.1) is 10.2 Å². The van der Waals surface area contributed by atoms with Crippen LogP contribution < -0.4 is 11.0 Å². The molecule has 2 aromatic carbocycles. The third-order valence-corrected chi connectivity index (χ3v) is 3.77. The SMILES string of the molecule is O=c1[nH]c(N/N=C/c2c(Cl)cccc2Cl)nnc1-c1ccccc1. The van der Waals surface area contributed by atoms with Crippen molar-refractivity contribution < 1.29 is 0 Å². The van der Waals surface area contributed by atoms with Gasteiger partial charge in [0.25, 0.3) is 5.56 Å². The molecule has 2 N–H and O–H groups in total. The van der Waals surface area contributed by atoms with Crippen molar-refractivity contribution in [2.75, 3.05) is 5.43 Å². The first-order valence-electron chi connectivity index (χ1n) is 6.90. The van der Waals surface area contributed by atoms with E-state index < -0.39 is 0 Å². The molecule has 0 aliphatic carbocycles. The van der Waals surface area contributed by atoms with Gasteiger partial charge in [-0.3, -0.25) is 9.78 Å². The number of aromatic nitrogens is 3. The predicted octanol–water partition coefficient (Wildman–Crippen LogP) is 3.58. The minimum absolute atomic E-state index is 0.110. The zero-order valence-electron chi connectivity index (χ0n) is 12.2. The summed E-state index contributed by atoms with van der Waals surface area (Å²) in [5.41, 5.74) is 3.70. The first-order chi connectivity index (χ1) is 11.6. The van der Waals surface area contributed by atoms with Crippen molar-refractivity contribution in [1.29, 1.82) is 0 Å². The van der Waals surface area contributed by atoms with E-state index in [4.69, 9.17) is 23.2 Å². The number of hydrogen-bond acceptors (Lipinski definition) is 5. The summed E-state index contributed by atoms with van der Waals surface area (Å²) in [5.74, 6) is 0.110. The number of nitrogens with zero attached hydrogens (tertiary/aromatic N) is 3. The second kappa shape index (κ2) is 7.25. The number of H-pyrrole nitrogens is 1. The quantitative estimate of drug-likeness (QED) is 0.550. The summed E-state index contributed by atoms with van der Waals surface area (Å²) in [4.78, 5) is 14.7. The molecule has 0 bridgehead atoms. The van der Waals surface area contributed by atoms with Gasteiger partial charge in [0, 0.05) is 11.1 Å². The number of aromatic amines is 1. The van der Waals surface area contributed by atoms with Gasteiger partial charge in [0.1, 0.15) is 0 Å². The minimum atomic E-state index is -0.371. The maximum Gasteiger partial charge on any atom is 0.279 e. The van der Waals surface area contributed by atoms with E-state index in [0.29, 0.717) is 21.2 Å². The maximum atomic E-state index is 12.1. The van der Waals surface area contributed by atoms with Crippen LogP contribution in [-0.2, 0) is 0 Å². The fraction of sp³-hybridized carbons (Fsp3) is 0. The number of benzene rings is 2. The lowest BCUT2D eigenvalue weighted by Crippen LogP contribution is -2.15. The van der Waals surface area contributed by atoms with Crippen LogP contribution in [0.25, 0.3) is 11.3 Å². The molecule has 0 aliphatic rings. The summed E-state index contributed by atoms with van der Waals surface area (Å²) < 4.78 is 0. The van der Waals surface area contributed by atoms with Crippen LogP contribution >= 0.6 is 23.2 Å². The molecular formula is C16H11Cl2N5O. The van der Waals surface area contributed by atoms with E-state index in [9.17, 15) is 4.79 Å². The van der Waals surface area contributed by atoms with E-state index in [0.717, 1.165) is 0 Å². The zero-order valence-corrected chi connectivity index (χ0v) is 13.7. The summed E-state index contributed by atoms with van der Waals surface area (Å²) in [5, 5.41) is 12.7. The van der Waals surface area contributed by atoms with Gasteiger partial charge in [0.05, 0.1) is 16.3 Å². The highest BCUT2D eigenvalue weighted by Gasteiger charge is 2.06. The van der Waals surface area contributed by atoms with Gasteiger partial charge in [-0.2, -0.15) is 5.10 Å². The highest BCUT2D eigenvalue weighted by atomic mass is 35.5. The predicted molar refractivity (Wildman–Crippen MR) is 95.8 cm³/mol. The molecule has 6 nitrogen and oxygen atoms in total. The van der Waals surface area contributed by atoms with Crippen LogP contribution in [0.5, 0.6) is 0 Å². The molecule has 0 radical (unpaired) electrons. The summed E-state index contributed by atoms with van der Waals surface area (Å²) in [6.07, 6.45) is 1.44. The molecule has 0 amide bonds. The van der Waals surface area contributed by atoms with E-state index in [-0.39, 0.29) is 17.2 Å². The standard InChI is InChI=1S/C16H11Cl2N5O/c17-12-7-4-8-13(18)11(12)9-19-22-16-20-15(24)14(21-23-16)10-5-2-1-3-6-10/h1-9H,(H2,20,22,23,24)/b19-9+. The molecule has 0 unspecified atom stereocenters. The molecule has 1 heterocycles. The lowest BCUT2D eigenvalue weighted by atomic mass is 10.2. The van der Waals surface area contributed by atoms with Crippen LogP contribution in [-0.4, -0.2) is 21.4 Å². The largest absolute Gasteiger partial charge is 0.288 e. The van der Waals surface area contributed by atoms with Crippen molar-refractivity contribution in [3.8, 4) is 11.3 Å². The molecule has 0 atom stereocenters. The molecule has 3 rings (SSSR count). The molecule has 3 aromatic rings. The Kier molecular flexibility index (Phi) is 4.88. The van der Waals surface area contributed by atoms with Gasteiger partial charge in [-0.1, -0.05) is 59.6 Å². The van der Waals surface area contributed by atoms with E-state index in [2.05, 4.69) is 25.7 Å². The Bertz CT molecular complexity index is 920. The van der Waals surface area contributed by atoms with Crippen LogP contribution in [0.4, 0.5) is 5.95 Å². The van der Waals surface area contributed by atoms with Crippen molar-refractivity contribution in [1.82, 2.24) is 15.2 Å². The lowest BCUT2D eigenvalue weighted by molar-refractivity contribution is 0.947. The molecule has 0 saturated carbocycles. The van der Waals surface area contributed by atoms with Crippen LogP contribution in [0.1, 0.15) is 5.56 Å². The Morgan fingerprint density at radius 3 is 2.38 bits per heavy atom. The number of hydrazone groups is 1. The Labute approximate surface area is 147 Å². The Morgan fingerprint density at radius 1 is 1.00 bits per heavy atom. The Balaban J connectivity index is 1.79. The molecule has 8 heteroatoms. The summed E-state index contributed by atoms with van der Waals surface area (Å²) in [7, 11) is 0. The van der Waals surface area contributed by atoms with E-state index >= 15 is 0 Å². The summed E-state index contributed by atoms with van der Waals surface area (Å²) >= 11 is 12.1. The zero-order chi connectivity index (χ0) is 16.9. The van der Waals surface area contributed by atoms with Gasteiger partial charge < -0.3 is 0 Å². The fourth-order valence-corrected chi connectivity index (χ4v) is 2.46. The van der Waals surface area contributed by atoms with Crippen LogP contribution in [0.3, 0.4) is 0 Å². The number of anilines is 1. The van der Waals surface area contributed by atoms with Crippen LogP contribution in [0.2, 0.25) is 10.0 Å². The van der Waals surface area contributed by atoms with Crippen molar-refractivity contribution in [3.05, 3.63) is 74.5 Å². The molecule has 0 saturated heterocycles. The Morgan fingerprint density at radius 2 is 1.71 bits per heavy atom. The maximum absolute atomic E-state index is 12.1. The average Bonchev–Trinajstić information content (AvgIpc) is 2.58. The first-order valence-corrected chi connectivity index (χ1v) is 7.66. The topological polar surface area (TPSA) is 83.0 Å². The van der Waals surface area contributed by atoms with Crippen molar-refractivity contribution in [2.24, 2.45) is 5.10 Å². The first kappa shape index (κ1) is 16.2. The number of rotatable bonds is 4. The van der Waals surface area contributed by atoms with E-state index in [1.807, 2.05) is 18.2 Å². The van der Waals surface area contributed by atoms with Crippen LogP contribution in [0.15, 0.2) is 58.4 Å². The molecule has 1 aromatic heterocycles. The third-order valence-electron chi connectivity index (χ3n) is 3.11. The monoisotopic (exact) mass is 359 g/mol. The number of nitrogens with one attached hydrogen (secondary N) is 2. The molecular weight excluding hydrogens is 349 g/mol. The minimum Gasteiger partial charge on any atom is -0.288 e. The summed E-state index contributed by atoms with van der Waals surface area (Å²) in [6.45, 7) is 0. The van der Waals surface area contributed by atoms with Crippen LogP contribution in [0, 0.1) is 0 Å². The molecule has 0 aliphatic heterocycles. The van der Waals surface area contributed by atoms with Crippen molar-refractivity contribution >= 4 is 35.4 Å². The normalized spacial score (nSPS) is 10.9. The molecule has 0 spiro atoms. The number of halogens is 2. The molecule has 120 valence electrons. The van der Waals surface area contributed by atoms with Gasteiger partial charge in [0.2, 0.25) is 5.95 Å². The smallest absolute Gasteiger partial charge is 0.279 e. The van der Waals surface area contributed by atoms with E-state index in [1.165, 1.54) is 6.21 Å². The van der Waals surface area contributed by atoms with Crippen molar-refractivity contribution in [3.63, 3.8) is 0 Å². The highest BCUT2D eigenvalue weighted by Crippen LogP contribution is 2.22.